The van der Waals surface area contributed by atoms with Gasteiger partial charge >= 0.3 is 0 Å². The van der Waals surface area contributed by atoms with E-state index in [1.807, 2.05) is 11.3 Å². The quantitative estimate of drug-likeness (QED) is 0.237. The number of rotatable bonds is 1. The summed E-state index contributed by atoms with van der Waals surface area (Å²) in [4.78, 5) is 3.76. The van der Waals surface area contributed by atoms with Gasteiger partial charge in [-0.25, -0.2) is 0 Å². The highest BCUT2D eigenvalue weighted by atomic mass is 32.1. The van der Waals surface area contributed by atoms with E-state index in [1.165, 1.54) is 80.2 Å². The number of aromatic nitrogens is 2. The minimum absolute atomic E-state index is 1.18. The van der Waals surface area contributed by atoms with Gasteiger partial charge in [-0.3, -0.25) is 0 Å². The first-order valence-electron chi connectivity index (χ1n) is 12.6. The Labute approximate surface area is 216 Å². The highest BCUT2D eigenvalue weighted by Gasteiger charge is 2.21. The summed E-state index contributed by atoms with van der Waals surface area (Å²) >= 11 is 1.87. The van der Waals surface area contributed by atoms with Crippen molar-refractivity contribution in [3.63, 3.8) is 0 Å². The lowest BCUT2D eigenvalue weighted by atomic mass is 9.99. The minimum Gasteiger partial charge on any atom is -0.354 e. The van der Waals surface area contributed by atoms with E-state index >= 15 is 0 Å². The lowest BCUT2D eigenvalue weighted by molar-refractivity contribution is 1.19. The van der Waals surface area contributed by atoms with Crippen LogP contribution in [0, 0.1) is 0 Å². The van der Waals surface area contributed by atoms with Crippen molar-refractivity contribution in [3.8, 4) is 5.69 Å². The molecule has 0 atom stereocenters. The van der Waals surface area contributed by atoms with Crippen LogP contribution in [0.3, 0.4) is 0 Å². The zero-order valence-corrected chi connectivity index (χ0v) is 20.6. The van der Waals surface area contributed by atoms with Gasteiger partial charge in [0.15, 0.2) is 0 Å². The Morgan fingerprint density at radius 1 is 0.514 bits per heavy atom. The molecule has 0 fully saturated rings. The van der Waals surface area contributed by atoms with Crippen LogP contribution in [0.2, 0.25) is 0 Å². The summed E-state index contributed by atoms with van der Waals surface area (Å²) in [5.41, 5.74) is 6.10. The lowest BCUT2D eigenvalue weighted by Crippen LogP contribution is -1.94. The molecule has 0 aliphatic carbocycles. The van der Waals surface area contributed by atoms with Crippen molar-refractivity contribution < 1.29 is 0 Å². The number of hydrogen-bond donors (Lipinski definition) is 1. The lowest BCUT2D eigenvalue weighted by Gasteiger charge is -2.11. The van der Waals surface area contributed by atoms with E-state index in [4.69, 9.17) is 0 Å². The first-order chi connectivity index (χ1) is 18.4. The van der Waals surface area contributed by atoms with Crippen molar-refractivity contribution in [1.29, 1.82) is 0 Å². The molecule has 9 rings (SSSR count). The molecular formula is C34H20N2S. The summed E-state index contributed by atoms with van der Waals surface area (Å²) in [7, 11) is 0. The van der Waals surface area contributed by atoms with Crippen LogP contribution in [0.15, 0.2) is 115 Å². The summed E-state index contributed by atoms with van der Waals surface area (Å²) in [6.07, 6.45) is 0. The van der Waals surface area contributed by atoms with Gasteiger partial charge in [-0.05, 0) is 36.4 Å². The Kier molecular flexibility index (Phi) is 3.70. The van der Waals surface area contributed by atoms with Crippen LogP contribution in [-0.4, -0.2) is 9.55 Å². The summed E-state index contributed by atoms with van der Waals surface area (Å²) < 4.78 is 5.15. The molecule has 9 aromatic rings. The molecule has 0 unspecified atom stereocenters. The number of fused-ring (bicyclic) bond motifs is 13. The van der Waals surface area contributed by atoms with Crippen LogP contribution in [0.1, 0.15) is 0 Å². The number of aromatic amines is 1. The molecule has 0 aliphatic heterocycles. The van der Waals surface area contributed by atoms with Crippen molar-refractivity contribution >= 4 is 85.9 Å². The molecule has 37 heavy (non-hydrogen) atoms. The highest BCUT2D eigenvalue weighted by molar-refractivity contribution is 7.25. The Morgan fingerprint density at radius 3 is 2.08 bits per heavy atom. The third kappa shape index (κ3) is 2.49. The normalized spacial score (nSPS) is 12.3. The fourth-order valence-electron chi connectivity index (χ4n) is 6.38. The average Bonchev–Trinajstić information content (AvgIpc) is 3.62. The van der Waals surface area contributed by atoms with Gasteiger partial charge in [0, 0.05) is 63.7 Å². The van der Waals surface area contributed by atoms with Crippen LogP contribution < -0.4 is 0 Å². The van der Waals surface area contributed by atoms with Gasteiger partial charge in [-0.1, -0.05) is 78.9 Å². The molecule has 0 spiro atoms. The molecule has 0 amide bonds. The Morgan fingerprint density at radius 2 is 1.19 bits per heavy atom. The molecule has 3 heteroatoms. The topological polar surface area (TPSA) is 20.7 Å². The molecule has 0 bridgehead atoms. The molecule has 0 saturated heterocycles. The summed E-state index contributed by atoms with van der Waals surface area (Å²) in [5.74, 6) is 0. The van der Waals surface area contributed by atoms with Crippen LogP contribution in [0.4, 0.5) is 0 Å². The zero-order chi connectivity index (χ0) is 24.1. The van der Waals surface area contributed by atoms with Gasteiger partial charge in [0.25, 0.3) is 0 Å². The smallest absolute Gasteiger partial charge is 0.0627 e. The van der Waals surface area contributed by atoms with Crippen molar-refractivity contribution in [3.05, 3.63) is 115 Å². The number of thiophene rings is 1. The van der Waals surface area contributed by atoms with Gasteiger partial charge < -0.3 is 9.55 Å². The van der Waals surface area contributed by atoms with Crippen LogP contribution in [0.5, 0.6) is 0 Å². The SMILES string of the molecule is c1ccc2c(c1)[nH]c1c3ccccc3c3c(c4ccccc4n3-c3ccc4sc5ccccc5c4c3)c21. The predicted octanol–water partition coefficient (Wildman–Crippen LogP) is 9.94. The van der Waals surface area contributed by atoms with E-state index in [1.54, 1.807) is 0 Å². The van der Waals surface area contributed by atoms with Crippen molar-refractivity contribution in [2.75, 3.05) is 0 Å². The standard InChI is InChI=1S/C34H20N2S/c1-2-11-23-22(10-1)33-31(24-12-3-6-14-27(24)35-33)32-25-13-4-7-15-28(25)36(34(23)32)20-17-18-30-26(19-20)21-9-5-8-16-29(21)37-30/h1-19,35H. The first-order valence-corrected chi connectivity index (χ1v) is 13.4. The van der Waals surface area contributed by atoms with E-state index in [0.29, 0.717) is 0 Å². The van der Waals surface area contributed by atoms with Crippen LogP contribution in [0.25, 0.3) is 80.2 Å². The average molecular weight is 489 g/mol. The van der Waals surface area contributed by atoms with E-state index in [9.17, 15) is 0 Å². The number of hydrogen-bond acceptors (Lipinski definition) is 1. The second-order valence-corrected chi connectivity index (χ2v) is 10.9. The van der Waals surface area contributed by atoms with E-state index in [2.05, 4.69) is 125 Å². The van der Waals surface area contributed by atoms with E-state index < -0.39 is 0 Å². The fourth-order valence-corrected chi connectivity index (χ4v) is 7.47. The number of nitrogens with one attached hydrogen (secondary N) is 1. The van der Waals surface area contributed by atoms with Crippen LogP contribution >= 0.6 is 11.3 Å². The summed E-state index contributed by atoms with van der Waals surface area (Å²) in [6.45, 7) is 0. The number of benzene rings is 6. The van der Waals surface area contributed by atoms with Gasteiger partial charge in [0.2, 0.25) is 0 Å². The van der Waals surface area contributed by atoms with Gasteiger partial charge in [-0.15, -0.1) is 11.3 Å². The molecule has 6 aromatic carbocycles. The van der Waals surface area contributed by atoms with Crippen molar-refractivity contribution in [2.45, 2.75) is 0 Å². The van der Waals surface area contributed by atoms with E-state index in [0.717, 1.165) is 0 Å². The molecular weight excluding hydrogens is 468 g/mol. The maximum Gasteiger partial charge on any atom is 0.0627 e. The van der Waals surface area contributed by atoms with Gasteiger partial charge in [-0.2, -0.15) is 0 Å². The Bertz CT molecular complexity index is 2360. The third-order valence-corrected chi connectivity index (χ3v) is 9.05. The molecule has 3 aromatic heterocycles. The molecule has 2 nitrogen and oxygen atoms in total. The second-order valence-electron chi connectivity index (χ2n) is 9.82. The monoisotopic (exact) mass is 488 g/mol. The zero-order valence-electron chi connectivity index (χ0n) is 19.8. The number of nitrogens with zero attached hydrogens (tertiary/aromatic N) is 1. The van der Waals surface area contributed by atoms with Gasteiger partial charge in [0.05, 0.1) is 16.6 Å². The van der Waals surface area contributed by atoms with Crippen molar-refractivity contribution in [1.82, 2.24) is 9.55 Å². The number of H-pyrrole nitrogens is 1. The van der Waals surface area contributed by atoms with Crippen molar-refractivity contribution in [2.24, 2.45) is 0 Å². The molecule has 0 saturated carbocycles. The largest absolute Gasteiger partial charge is 0.354 e. The summed E-state index contributed by atoms with van der Waals surface area (Å²) in [5, 5.41) is 10.4. The molecule has 3 heterocycles. The molecule has 0 radical (unpaired) electrons. The maximum atomic E-state index is 3.76. The fraction of sp³-hybridized carbons (Fsp3) is 0. The Hall–Kier alpha value is -4.60. The number of para-hydroxylation sites is 2. The summed E-state index contributed by atoms with van der Waals surface area (Å²) in [6, 6.07) is 42.1. The molecule has 0 aliphatic rings. The highest BCUT2D eigenvalue weighted by Crippen LogP contribution is 2.45. The molecule has 1 N–H and O–H groups in total. The molecule has 172 valence electrons. The van der Waals surface area contributed by atoms with Crippen LogP contribution in [-0.2, 0) is 0 Å². The first kappa shape index (κ1) is 19.6. The Balaban J connectivity index is 1.55. The third-order valence-electron chi connectivity index (χ3n) is 7.90. The predicted molar refractivity (Wildman–Crippen MR) is 161 cm³/mol. The van der Waals surface area contributed by atoms with Gasteiger partial charge in [0.1, 0.15) is 0 Å². The maximum absolute atomic E-state index is 3.76. The van der Waals surface area contributed by atoms with E-state index in [-0.39, 0.29) is 0 Å². The second kappa shape index (κ2) is 7.00. The minimum atomic E-state index is 1.18.